The summed E-state index contributed by atoms with van der Waals surface area (Å²) in [5.41, 5.74) is 1.44. The van der Waals surface area contributed by atoms with Crippen molar-refractivity contribution in [1.82, 2.24) is 9.78 Å². The van der Waals surface area contributed by atoms with Crippen molar-refractivity contribution in [1.29, 1.82) is 0 Å². The van der Waals surface area contributed by atoms with E-state index in [4.69, 9.17) is 0 Å². The Hall–Kier alpha value is -1.20. The number of halogens is 2. The van der Waals surface area contributed by atoms with Crippen molar-refractivity contribution in [3.05, 3.63) is 52.0 Å². The Balaban J connectivity index is 2.20. The molecule has 0 bridgehead atoms. The van der Waals surface area contributed by atoms with Gasteiger partial charge in [0.15, 0.2) is 0 Å². The molecular weight excluding hydrogens is 287 g/mol. The lowest BCUT2D eigenvalue weighted by Gasteiger charge is -2.12. The average Bonchev–Trinajstić information content (AvgIpc) is 2.58. The molecule has 1 aromatic carbocycles. The minimum atomic E-state index is -0.710. The van der Waals surface area contributed by atoms with E-state index in [0.717, 1.165) is 10.0 Å². The summed E-state index contributed by atoms with van der Waals surface area (Å²) >= 11 is 3.33. The van der Waals surface area contributed by atoms with E-state index >= 15 is 0 Å². The topological polar surface area (TPSA) is 38.0 Å². The maximum absolute atomic E-state index is 13.0. The molecule has 90 valence electrons. The Labute approximate surface area is 107 Å². The second-order valence-electron chi connectivity index (χ2n) is 3.85. The fourth-order valence-electron chi connectivity index (χ4n) is 1.78. The van der Waals surface area contributed by atoms with Crippen LogP contribution in [-0.4, -0.2) is 14.9 Å². The van der Waals surface area contributed by atoms with Gasteiger partial charge >= 0.3 is 0 Å². The highest BCUT2D eigenvalue weighted by Crippen LogP contribution is 2.25. The number of aliphatic hydroxyl groups is 1. The van der Waals surface area contributed by atoms with Crippen LogP contribution in [0.15, 0.2) is 34.9 Å². The van der Waals surface area contributed by atoms with E-state index in [0.29, 0.717) is 12.1 Å². The summed E-state index contributed by atoms with van der Waals surface area (Å²) in [7, 11) is 1.76. The lowest BCUT2D eigenvalue weighted by atomic mass is 10.1. The molecular formula is C12H12BrFN2O. The Morgan fingerprint density at radius 1 is 1.53 bits per heavy atom. The zero-order chi connectivity index (χ0) is 12.4. The minimum Gasteiger partial charge on any atom is -0.386 e. The van der Waals surface area contributed by atoms with E-state index in [-0.39, 0.29) is 5.82 Å². The molecule has 3 nitrogen and oxygen atoms in total. The van der Waals surface area contributed by atoms with Crippen molar-refractivity contribution >= 4 is 15.9 Å². The van der Waals surface area contributed by atoms with Gasteiger partial charge in [-0.2, -0.15) is 5.10 Å². The van der Waals surface area contributed by atoms with Crippen molar-refractivity contribution < 1.29 is 9.50 Å². The summed E-state index contributed by atoms with van der Waals surface area (Å²) in [6, 6.07) is 6.23. The van der Waals surface area contributed by atoms with Gasteiger partial charge in [-0.15, -0.1) is 0 Å². The second-order valence-corrected chi connectivity index (χ2v) is 4.71. The molecule has 0 aliphatic carbocycles. The summed E-state index contributed by atoms with van der Waals surface area (Å²) < 4.78 is 15.4. The summed E-state index contributed by atoms with van der Waals surface area (Å²) in [5.74, 6) is -0.293. The van der Waals surface area contributed by atoms with Gasteiger partial charge in [-0.3, -0.25) is 4.68 Å². The van der Waals surface area contributed by atoms with Gasteiger partial charge in [-0.05, 0) is 33.6 Å². The monoisotopic (exact) mass is 298 g/mol. The van der Waals surface area contributed by atoms with Crippen molar-refractivity contribution in [2.24, 2.45) is 7.05 Å². The minimum absolute atomic E-state index is 0.293. The predicted molar refractivity (Wildman–Crippen MR) is 66.0 cm³/mol. The molecule has 0 spiro atoms. The maximum Gasteiger partial charge on any atom is 0.123 e. The van der Waals surface area contributed by atoms with Gasteiger partial charge in [0.2, 0.25) is 0 Å². The van der Waals surface area contributed by atoms with Crippen molar-refractivity contribution in [2.75, 3.05) is 0 Å². The molecule has 0 amide bonds. The fourth-order valence-corrected chi connectivity index (χ4v) is 2.39. The van der Waals surface area contributed by atoms with Crippen molar-refractivity contribution in [2.45, 2.75) is 12.5 Å². The third-order valence-corrected chi connectivity index (χ3v) is 3.18. The molecule has 1 atom stereocenters. The molecule has 0 radical (unpaired) electrons. The third kappa shape index (κ3) is 2.73. The van der Waals surface area contributed by atoms with Gasteiger partial charge in [0.25, 0.3) is 0 Å². The first-order chi connectivity index (χ1) is 8.08. The van der Waals surface area contributed by atoms with Crippen LogP contribution < -0.4 is 0 Å². The highest BCUT2D eigenvalue weighted by atomic mass is 79.9. The standard InChI is InChI=1S/C12H12BrFN2O/c1-16-12(10(13)7-15-16)11(17)6-8-3-2-4-9(14)5-8/h2-5,7,11,17H,6H2,1H3. The number of rotatable bonds is 3. The van der Waals surface area contributed by atoms with Gasteiger partial charge in [0.1, 0.15) is 11.9 Å². The van der Waals surface area contributed by atoms with Crippen LogP contribution in [0.4, 0.5) is 4.39 Å². The Bertz CT molecular complexity index is 507. The lowest BCUT2D eigenvalue weighted by Crippen LogP contribution is -2.08. The maximum atomic E-state index is 13.0. The first-order valence-electron chi connectivity index (χ1n) is 5.18. The molecule has 2 rings (SSSR count). The van der Waals surface area contributed by atoms with E-state index in [1.165, 1.54) is 12.1 Å². The first-order valence-corrected chi connectivity index (χ1v) is 5.97. The number of aromatic nitrogens is 2. The summed E-state index contributed by atoms with van der Waals surface area (Å²) in [6.07, 6.45) is 1.28. The third-order valence-electron chi connectivity index (χ3n) is 2.57. The second kappa shape index (κ2) is 4.98. The van der Waals surface area contributed by atoms with Crippen molar-refractivity contribution in [3.63, 3.8) is 0 Å². The number of aliphatic hydroxyl groups excluding tert-OH is 1. The zero-order valence-electron chi connectivity index (χ0n) is 9.27. The van der Waals surface area contributed by atoms with Gasteiger partial charge in [-0.25, -0.2) is 4.39 Å². The van der Waals surface area contributed by atoms with Crippen LogP contribution in [0.1, 0.15) is 17.4 Å². The highest BCUT2D eigenvalue weighted by molar-refractivity contribution is 9.10. The SMILES string of the molecule is Cn1ncc(Br)c1C(O)Cc1cccc(F)c1. The molecule has 0 saturated carbocycles. The molecule has 1 heterocycles. The van der Waals surface area contributed by atoms with Crippen LogP contribution in [0, 0.1) is 5.82 Å². The molecule has 5 heteroatoms. The Morgan fingerprint density at radius 3 is 2.88 bits per heavy atom. The quantitative estimate of drug-likeness (QED) is 0.946. The predicted octanol–water partition coefficient (Wildman–Crippen LogP) is 2.60. The molecule has 0 aliphatic rings. The van der Waals surface area contributed by atoms with E-state index in [1.807, 2.05) is 0 Å². The van der Waals surface area contributed by atoms with E-state index in [1.54, 1.807) is 30.1 Å². The van der Waals surface area contributed by atoms with Crippen LogP contribution in [0.5, 0.6) is 0 Å². The first kappa shape index (κ1) is 12.3. The molecule has 2 aromatic rings. The molecule has 1 aromatic heterocycles. The van der Waals surface area contributed by atoms with Gasteiger partial charge in [-0.1, -0.05) is 12.1 Å². The van der Waals surface area contributed by atoms with Crippen LogP contribution in [0.3, 0.4) is 0 Å². The number of hydrogen-bond donors (Lipinski definition) is 1. The summed E-state index contributed by atoms with van der Waals surface area (Å²) in [6.45, 7) is 0. The number of nitrogens with zero attached hydrogens (tertiary/aromatic N) is 2. The van der Waals surface area contributed by atoms with E-state index in [9.17, 15) is 9.50 Å². The van der Waals surface area contributed by atoms with E-state index in [2.05, 4.69) is 21.0 Å². The average molecular weight is 299 g/mol. The zero-order valence-corrected chi connectivity index (χ0v) is 10.9. The van der Waals surface area contributed by atoms with Gasteiger partial charge < -0.3 is 5.11 Å². The normalized spacial score (nSPS) is 12.7. The number of hydrogen-bond acceptors (Lipinski definition) is 2. The molecule has 0 saturated heterocycles. The largest absolute Gasteiger partial charge is 0.386 e. The summed E-state index contributed by atoms with van der Waals surface area (Å²) in [4.78, 5) is 0. The number of benzene rings is 1. The Morgan fingerprint density at radius 2 is 2.29 bits per heavy atom. The smallest absolute Gasteiger partial charge is 0.123 e. The molecule has 1 unspecified atom stereocenters. The lowest BCUT2D eigenvalue weighted by molar-refractivity contribution is 0.167. The van der Waals surface area contributed by atoms with Crippen molar-refractivity contribution in [3.8, 4) is 0 Å². The van der Waals surface area contributed by atoms with Crippen LogP contribution >= 0.6 is 15.9 Å². The van der Waals surface area contributed by atoms with Gasteiger partial charge in [0.05, 0.1) is 16.4 Å². The number of aryl methyl sites for hydroxylation is 1. The molecule has 17 heavy (non-hydrogen) atoms. The van der Waals surface area contributed by atoms with E-state index < -0.39 is 6.10 Å². The van der Waals surface area contributed by atoms with Gasteiger partial charge in [0, 0.05) is 13.5 Å². The van der Waals surface area contributed by atoms with Crippen LogP contribution in [0.2, 0.25) is 0 Å². The molecule has 0 fully saturated rings. The molecule has 0 aliphatic heterocycles. The Kier molecular flexibility index (Phi) is 3.59. The highest BCUT2D eigenvalue weighted by Gasteiger charge is 2.16. The summed E-state index contributed by atoms with van der Waals surface area (Å²) in [5, 5.41) is 14.1. The fraction of sp³-hybridized carbons (Fsp3) is 0.250. The molecule has 1 N–H and O–H groups in total. The van der Waals surface area contributed by atoms with Crippen LogP contribution in [0.25, 0.3) is 0 Å². The van der Waals surface area contributed by atoms with Crippen LogP contribution in [-0.2, 0) is 13.5 Å².